The predicted molar refractivity (Wildman–Crippen MR) is 115 cm³/mol. The second-order valence-corrected chi connectivity index (χ2v) is 8.34. The summed E-state index contributed by atoms with van der Waals surface area (Å²) in [6, 6.07) is 22.2. The minimum atomic E-state index is -3.94. The minimum absolute atomic E-state index is 0.0714. The van der Waals surface area contributed by atoms with E-state index in [1.165, 1.54) is 12.1 Å². The molecule has 0 aromatic heterocycles. The summed E-state index contributed by atoms with van der Waals surface area (Å²) in [5.74, 6) is 0.865. The fourth-order valence-corrected chi connectivity index (χ4v) is 4.10. The van der Waals surface area contributed by atoms with Crippen LogP contribution in [0.15, 0.2) is 82.2 Å². The number of allylic oxidation sites excluding steroid dienone is 1. The Kier molecular flexibility index (Phi) is 6.37. The molecule has 0 saturated heterocycles. The van der Waals surface area contributed by atoms with E-state index in [-0.39, 0.29) is 10.6 Å². The van der Waals surface area contributed by atoms with Crippen molar-refractivity contribution in [1.29, 1.82) is 5.26 Å². The Balaban J connectivity index is 1.86. The lowest BCUT2D eigenvalue weighted by molar-refractivity contribution is 0.415. The van der Waals surface area contributed by atoms with Crippen LogP contribution in [-0.4, -0.2) is 15.5 Å². The molecule has 0 heterocycles. The number of ether oxygens (including phenoxy) is 1. The number of hydrogen-bond acceptors (Lipinski definition) is 5. The maximum absolute atomic E-state index is 12.4. The Bertz CT molecular complexity index is 1180. The molecule has 0 aliphatic heterocycles. The topological polar surface area (TPSA) is 76.4 Å². The first kappa shape index (κ1) is 20.6. The van der Waals surface area contributed by atoms with Crippen molar-refractivity contribution >= 4 is 37.7 Å². The third-order valence-corrected chi connectivity index (χ3v) is 5.89. The maximum atomic E-state index is 12.4. The molecule has 0 bridgehead atoms. The Hall–Kier alpha value is -3.08. The van der Waals surface area contributed by atoms with Crippen molar-refractivity contribution in [2.45, 2.75) is 4.90 Å². The molecule has 0 radical (unpaired) electrons. The van der Waals surface area contributed by atoms with E-state index in [1.807, 2.05) is 0 Å². The first-order chi connectivity index (χ1) is 13.9. The van der Waals surface area contributed by atoms with Gasteiger partial charge in [-0.05, 0) is 81.7 Å². The molecule has 0 atom stereocenters. The SMILES string of the molecule is COc1ccc(/C(C#N)=C/c2ccc(OS(=O)(=O)c3ccccc3)c(Br)c2)cc1. The smallest absolute Gasteiger partial charge is 0.339 e. The van der Waals surface area contributed by atoms with Crippen LogP contribution >= 0.6 is 15.9 Å². The summed E-state index contributed by atoms with van der Waals surface area (Å²) < 4.78 is 35.6. The van der Waals surface area contributed by atoms with Crippen molar-refractivity contribution in [3.8, 4) is 17.6 Å². The Morgan fingerprint density at radius 2 is 1.72 bits per heavy atom. The number of nitriles is 1. The number of nitrogens with zero attached hydrogens (tertiary/aromatic N) is 1. The normalized spacial score (nSPS) is 11.6. The van der Waals surface area contributed by atoms with Gasteiger partial charge in [0.15, 0.2) is 5.75 Å². The van der Waals surface area contributed by atoms with Gasteiger partial charge in [0.05, 0.1) is 23.2 Å². The van der Waals surface area contributed by atoms with Gasteiger partial charge in [-0.1, -0.05) is 24.3 Å². The molecule has 0 spiro atoms. The van der Waals surface area contributed by atoms with Crippen molar-refractivity contribution < 1.29 is 17.3 Å². The fraction of sp³-hybridized carbons (Fsp3) is 0.0455. The molecule has 0 saturated carbocycles. The van der Waals surface area contributed by atoms with Gasteiger partial charge in [0.25, 0.3) is 0 Å². The predicted octanol–water partition coefficient (Wildman–Crippen LogP) is 5.29. The van der Waals surface area contributed by atoms with E-state index in [2.05, 4.69) is 22.0 Å². The minimum Gasteiger partial charge on any atom is -0.497 e. The molecule has 0 N–H and O–H groups in total. The van der Waals surface area contributed by atoms with E-state index in [0.29, 0.717) is 21.4 Å². The number of methoxy groups -OCH3 is 1. The second kappa shape index (κ2) is 8.95. The molecule has 3 rings (SSSR count). The van der Waals surface area contributed by atoms with Crippen molar-refractivity contribution in [2.24, 2.45) is 0 Å². The average molecular weight is 470 g/mol. The van der Waals surface area contributed by atoms with Gasteiger partial charge in [0.1, 0.15) is 10.6 Å². The summed E-state index contributed by atoms with van der Waals surface area (Å²) in [5.41, 5.74) is 1.93. The third-order valence-electron chi connectivity index (χ3n) is 4.02. The second-order valence-electron chi connectivity index (χ2n) is 5.94. The van der Waals surface area contributed by atoms with Crippen molar-refractivity contribution in [1.82, 2.24) is 0 Å². The molecule has 5 nitrogen and oxygen atoms in total. The number of halogens is 1. The summed E-state index contributed by atoms with van der Waals surface area (Å²) in [7, 11) is -2.36. The molecule has 3 aromatic carbocycles. The maximum Gasteiger partial charge on any atom is 0.339 e. The van der Waals surface area contributed by atoms with Crippen LogP contribution in [0.5, 0.6) is 11.5 Å². The molecule has 0 fully saturated rings. The molecule has 0 aliphatic carbocycles. The van der Waals surface area contributed by atoms with E-state index >= 15 is 0 Å². The van der Waals surface area contributed by atoms with Crippen LogP contribution in [0.3, 0.4) is 0 Å². The molecule has 29 heavy (non-hydrogen) atoms. The zero-order valence-corrected chi connectivity index (χ0v) is 17.8. The summed E-state index contributed by atoms with van der Waals surface area (Å²) in [5, 5.41) is 9.50. The molecule has 146 valence electrons. The van der Waals surface area contributed by atoms with E-state index in [4.69, 9.17) is 8.92 Å². The van der Waals surface area contributed by atoms with Crippen LogP contribution in [0.1, 0.15) is 11.1 Å². The average Bonchev–Trinajstić information content (AvgIpc) is 2.74. The van der Waals surface area contributed by atoms with E-state index < -0.39 is 10.1 Å². The highest BCUT2D eigenvalue weighted by Crippen LogP contribution is 2.30. The largest absolute Gasteiger partial charge is 0.497 e. The highest BCUT2D eigenvalue weighted by atomic mass is 79.9. The molecule has 0 unspecified atom stereocenters. The first-order valence-electron chi connectivity index (χ1n) is 8.48. The van der Waals surface area contributed by atoms with Gasteiger partial charge in [-0.2, -0.15) is 13.7 Å². The number of benzene rings is 3. The molecule has 7 heteroatoms. The van der Waals surface area contributed by atoms with Crippen LogP contribution in [0.4, 0.5) is 0 Å². The van der Waals surface area contributed by atoms with Gasteiger partial charge in [0.2, 0.25) is 0 Å². The summed E-state index contributed by atoms with van der Waals surface area (Å²) in [6.07, 6.45) is 1.71. The molecule has 0 aliphatic rings. The standard InChI is InChI=1S/C22H16BrNO4S/c1-27-19-10-8-17(9-11-19)18(15-24)13-16-7-12-22(21(23)14-16)28-29(25,26)20-5-3-2-4-6-20/h2-14H,1H3/b18-13+. The lowest BCUT2D eigenvalue weighted by Crippen LogP contribution is -2.09. The van der Waals surface area contributed by atoms with Crippen LogP contribution < -0.4 is 8.92 Å². The molecular weight excluding hydrogens is 454 g/mol. The van der Waals surface area contributed by atoms with E-state index in [0.717, 1.165) is 5.56 Å². The van der Waals surface area contributed by atoms with Gasteiger partial charge >= 0.3 is 10.1 Å². The van der Waals surface area contributed by atoms with Crippen LogP contribution in [0.2, 0.25) is 0 Å². The lowest BCUT2D eigenvalue weighted by Gasteiger charge is -2.09. The van der Waals surface area contributed by atoms with E-state index in [1.54, 1.807) is 73.8 Å². The Labute approximate surface area is 178 Å². The van der Waals surface area contributed by atoms with Crippen molar-refractivity contribution in [3.63, 3.8) is 0 Å². The summed E-state index contributed by atoms with van der Waals surface area (Å²) in [6.45, 7) is 0. The zero-order chi connectivity index (χ0) is 20.9. The highest BCUT2D eigenvalue weighted by Gasteiger charge is 2.17. The van der Waals surface area contributed by atoms with Gasteiger partial charge in [-0.3, -0.25) is 0 Å². The summed E-state index contributed by atoms with van der Waals surface area (Å²) in [4.78, 5) is 0.0714. The quantitative estimate of drug-likeness (QED) is 0.278. The molecule has 0 amide bonds. The molecular formula is C22H16BrNO4S. The van der Waals surface area contributed by atoms with E-state index in [9.17, 15) is 13.7 Å². The molecule has 3 aromatic rings. The lowest BCUT2D eigenvalue weighted by atomic mass is 10.0. The monoisotopic (exact) mass is 469 g/mol. The Morgan fingerprint density at radius 3 is 2.31 bits per heavy atom. The third kappa shape index (κ3) is 5.05. The van der Waals surface area contributed by atoms with Crippen molar-refractivity contribution in [3.05, 3.63) is 88.4 Å². The Morgan fingerprint density at radius 1 is 1.03 bits per heavy atom. The fourth-order valence-electron chi connectivity index (χ4n) is 2.55. The van der Waals surface area contributed by atoms with Gasteiger partial charge in [0, 0.05) is 0 Å². The van der Waals surface area contributed by atoms with Crippen LogP contribution in [0, 0.1) is 11.3 Å². The first-order valence-corrected chi connectivity index (χ1v) is 10.7. The van der Waals surface area contributed by atoms with Crippen LogP contribution in [0.25, 0.3) is 11.6 Å². The number of hydrogen-bond donors (Lipinski definition) is 0. The zero-order valence-electron chi connectivity index (χ0n) is 15.4. The highest BCUT2D eigenvalue weighted by molar-refractivity contribution is 9.10. The summed E-state index contributed by atoms with van der Waals surface area (Å²) >= 11 is 3.34. The van der Waals surface area contributed by atoms with Crippen molar-refractivity contribution in [2.75, 3.05) is 7.11 Å². The number of rotatable bonds is 6. The van der Waals surface area contributed by atoms with Gasteiger partial charge < -0.3 is 8.92 Å². The van der Waals surface area contributed by atoms with Gasteiger partial charge in [-0.25, -0.2) is 0 Å². The van der Waals surface area contributed by atoms with Crippen LogP contribution in [-0.2, 0) is 10.1 Å². The van der Waals surface area contributed by atoms with Gasteiger partial charge in [-0.15, -0.1) is 0 Å².